The lowest BCUT2D eigenvalue weighted by molar-refractivity contribution is -0.242. The molecule has 2 bridgehead atoms. The number of hydrogen-bond donors (Lipinski definition) is 6. The predicted octanol–water partition coefficient (Wildman–Crippen LogP) is 5.57. The number of amides is 1. The first-order valence-corrected chi connectivity index (χ1v) is 20.7. The number of primary amides is 1. The van der Waals surface area contributed by atoms with Crippen LogP contribution in [0.25, 0.3) is 0 Å². The lowest BCUT2D eigenvalue weighted by Crippen LogP contribution is -2.68. The Balaban J connectivity index is 0.000000465. The summed E-state index contributed by atoms with van der Waals surface area (Å²) >= 11 is 0. The van der Waals surface area contributed by atoms with Gasteiger partial charge in [-0.25, -0.2) is 0 Å². The van der Waals surface area contributed by atoms with Gasteiger partial charge >= 0.3 is 11.9 Å². The Hall–Kier alpha value is -5.38. The number of carbonyl (C=O) groups excluding carboxylic acids is 5. The Morgan fingerprint density at radius 1 is 0.889 bits per heavy atom. The number of hydrogen-bond acceptors (Lipinski definition) is 12. The number of benzene rings is 3. The van der Waals surface area contributed by atoms with Crippen molar-refractivity contribution in [2.24, 2.45) is 28.4 Å². The summed E-state index contributed by atoms with van der Waals surface area (Å²) in [4.78, 5) is 65.3. The summed E-state index contributed by atoms with van der Waals surface area (Å²) in [6.45, 7) is 10.9. The molecule has 14 nitrogen and oxygen atoms in total. The fourth-order valence-corrected chi connectivity index (χ4v) is 8.45. The zero-order valence-corrected chi connectivity index (χ0v) is 37.7. The van der Waals surface area contributed by atoms with Crippen LogP contribution in [0.5, 0.6) is 0 Å². The smallest absolute Gasteiger partial charge is 0.303 e. The lowest BCUT2D eigenvalue weighted by atomic mass is 9.47. The number of ketones is 1. The van der Waals surface area contributed by atoms with Gasteiger partial charge < -0.3 is 45.5 Å². The van der Waals surface area contributed by atoms with Crippen molar-refractivity contribution in [3.63, 3.8) is 0 Å². The van der Waals surface area contributed by atoms with Gasteiger partial charge in [-0.05, 0) is 75.6 Å². The topological polar surface area (TPSA) is 248 Å². The molecule has 3 fully saturated rings. The molecule has 0 aromatic heterocycles. The molecule has 7 atom stereocenters. The van der Waals surface area contributed by atoms with E-state index in [1.54, 1.807) is 43.3 Å². The molecule has 3 aromatic carbocycles. The first-order valence-electron chi connectivity index (χ1n) is 20.7. The van der Waals surface area contributed by atoms with E-state index in [0.29, 0.717) is 49.8 Å². The van der Waals surface area contributed by atoms with E-state index in [2.05, 4.69) is 0 Å². The molecule has 1 saturated heterocycles. The number of carboxylic acid groups (broad SMARTS) is 1. The third-order valence-electron chi connectivity index (χ3n) is 12.0. The van der Waals surface area contributed by atoms with Gasteiger partial charge in [-0.2, -0.15) is 0 Å². The molecular formula is C49H67NO13. The summed E-state index contributed by atoms with van der Waals surface area (Å²) in [7, 11) is 2.00. The Morgan fingerprint density at radius 2 is 1.40 bits per heavy atom. The molecule has 3 aromatic rings. The van der Waals surface area contributed by atoms with Crippen molar-refractivity contribution in [1.29, 1.82) is 0 Å². The van der Waals surface area contributed by atoms with Crippen molar-refractivity contribution < 1.29 is 63.8 Å². The third kappa shape index (κ3) is 14.9. The molecule has 3 aliphatic carbocycles. The highest BCUT2D eigenvalue weighted by molar-refractivity contribution is 5.94. The Labute approximate surface area is 371 Å². The van der Waals surface area contributed by atoms with Gasteiger partial charge in [0.1, 0.15) is 12.6 Å². The van der Waals surface area contributed by atoms with E-state index in [1.807, 2.05) is 75.4 Å². The molecule has 2 saturated carbocycles. The summed E-state index contributed by atoms with van der Waals surface area (Å²) in [5.74, 6) is -1.98. The van der Waals surface area contributed by atoms with Crippen molar-refractivity contribution in [2.75, 3.05) is 20.8 Å². The van der Waals surface area contributed by atoms with Crippen LogP contribution in [0.3, 0.4) is 0 Å². The molecule has 7 unspecified atom stereocenters. The normalized spacial score (nSPS) is 25.4. The molecule has 1 heterocycles. The number of aryl methyl sites for hydroxylation is 1. The monoisotopic (exact) mass is 877 g/mol. The first-order chi connectivity index (χ1) is 29.9. The average molecular weight is 878 g/mol. The number of allylic oxidation sites excluding steroid dienone is 1. The molecular weight excluding hydrogens is 811 g/mol. The number of aliphatic hydroxyl groups excluding tert-OH is 3. The van der Waals surface area contributed by atoms with Crippen LogP contribution in [0.1, 0.15) is 99.9 Å². The van der Waals surface area contributed by atoms with Gasteiger partial charge in [-0.15, -0.1) is 0 Å². The number of rotatable bonds is 6. The number of aliphatic carboxylic acids is 1. The van der Waals surface area contributed by atoms with Gasteiger partial charge in [0.05, 0.1) is 29.8 Å². The number of fused-ring (bicyclic) bond motifs is 5. The minimum absolute atomic E-state index is 0.0699. The Kier molecular flexibility index (Phi) is 23.8. The first kappa shape index (κ1) is 55.6. The molecule has 63 heavy (non-hydrogen) atoms. The number of carbonyl (C=O) groups is 6. The summed E-state index contributed by atoms with van der Waals surface area (Å²) in [5, 5.41) is 45.3. The van der Waals surface area contributed by atoms with E-state index < -0.39 is 40.6 Å². The highest BCUT2D eigenvalue weighted by Gasteiger charge is 2.66. The van der Waals surface area contributed by atoms with E-state index in [-0.39, 0.29) is 36.1 Å². The van der Waals surface area contributed by atoms with E-state index in [4.69, 9.17) is 35.3 Å². The number of nitrogens with two attached hydrogens (primary N) is 1. The zero-order valence-electron chi connectivity index (χ0n) is 37.7. The molecule has 346 valence electrons. The highest BCUT2D eigenvalue weighted by Crippen LogP contribution is 2.61. The van der Waals surface area contributed by atoms with Crippen molar-refractivity contribution >= 4 is 36.2 Å². The summed E-state index contributed by atoms with van der Waals surface area (Å²) in [6.07, 6.45) is 2.48. The van der Waals surface area contributed by atoms with Gasteiger partial charge in [0.15, 0.2) is 11.9 Å². The maximum absolute atomic E-state index is 13.9. The minimum atomic E-state index is -1.08. The van der Waals surface area contributed by atoms with Crippen molar-refractivity contribution in [2.45, 2.75) is 104 Å². The van der Waals surface area contributed by atoms with Crippen LogP contribution in [0, 0.1) is 22.7 Å². The van der Waals surface area contributed by atoms with Gasteiger partial charge in [0.2, 0.25) is 5.91 Å². The van der Waals surface area contributed by atoms with Gasteiger partial charge in [-0.3, -0.25) is 24.0 Å². The number of aliphatic hydroxyl groups is 4. The van der Waals surface area contributed by atoms with Crippen LogP contribution < -0.4 is 5.73 Å². The van der Waals surface area contributed by atoms with Crippen molar-refractivity contribution in [1.82, 2.24) is 0 Å². The maximum Gasteiger partial charge on any atom is 0.303 e. The fourth-order valence-electron chi connectivity index (χ4n) is 8.45. The molecule has 7 rings (SSSR count). The predicted molar refractivity (Wildman–Crippen MR) is 239 cm³/mol. The second-order valence-electron chi connectivity index (χ2n) is 16.0. The summed E-state index contributed by atoms with van der Waals surface area (Å²) in [5.41, 5.74) is 6.20. The van der Waals surface area contributed by atoms with Crippen LogP contribution in [-0.2, 0) is 35.1 Å². The Morgan fingerprint density at radius 3 is 1.81 bits per heavy atom. The van der Waals surface area contributed by atoms with Crippen molar-refractivity contribution in [3.05, 3.63) is 119 Å². The van der Waals surface area contributed by atoms with Crippen LogP contribution >= 0.6 is 0 Å². The van der Waals surface area contributed by atoms with E-state index in [1.165, 1.54) is 13.8 Å². The SMILES string of the molecule is CC(=O)OC1C(=O)C2(C)C(O)CC3OCC3C2CC2(O)CCC(C)=C1C2(C)C.CC=O.CO.CO.NC(=O)c1ccccc1.O=C(O)CCc1ccccc1.O=Cc1ccccc1. The van der Waals surface area contributed by atoms with Gasteiger partial charge in [0, 0.05) is 56.4 Å². The van der Waals surface area contributed by atoms with E-state index >= 15 is 0 Å². The third-order valence-corrected chi connectivity index (χ3v) is 12.0. The maximum atomic E-state index is 13.9. The second kappa shape index (κ2) is 26.9. The molecule has 7 N–H and O–H groups in total. The number of ether oxygens (including phenoxy) is 2. The quantitative estimate of drug-likeness (QED) is 0.101. The standard InChI is InChI=1S/C22H32O6.C9H10O2.C7H7NO.C7H6O.C2H4O.2CH4O/c1-11-6-7-22(26)9-14-13-10-27-15(13)8-16(24)21(14,5)19(25)18(28-12(2)23)17(11)20(22,3)4;10-9(11)7-6-8-4-2-1-3-5-8;8-7(9)6-4-2-1-3-5-6;8-6-7-4-2-1-3-5-7;1-2-3;2*1-2/h13-16,18,24,26H,6-10H2,1-5H3;1-5H,6-7H2,(H,10,11);1-5H,(H2,8,9);1-6H;2H,1H3;2*2H,1H3. The molecule has 0 radical (unpaired) electrons. The molecule has 0 spiro atoms. The molecule has 1 aliphatic heterocycles. The fraction of sp³-hybridized carbons (Fsp3) is 0.469. The van der Waals surface area contributed by atoms with Crippen LogP contribution in [0.15, 0.2) is 102 Å². The molecule has 4 aliphatic rings. The van der Waals surface area contributed by atoms with Crippen LogP contribution in [-0.4, -0.2) is 106 Å². The van der Waals surface area contributed by atoms with Crippen molar-refractivity contribution in [3.8, 4) is 0 Å². The number of Topliss-reactive ketones (excluding diaryl/α,β-unsaturated/α-hetero) is 1. The zero-order chi connectivity index (χ0) is 48.0. The van der Waals surface area contributed by atoms with Gasteiger partial charge in [-0.1, -0.05) is 98.3 Å². The number of esters is 1. The molecule has 1 amide bonds. The second-order valence-corrected chi connectivity index (χ2v) is 16.0. The molecule has 14 heteroatoms. The average Bonchev–Trinajstić information content (AvgIpc) is 3.27. The van der Waals surface area contributed by atoms with E-state index in [0.717, 1.165) is 43.5 Å². The number of carboxylic acids is 1. The van der Waals surface area contributed by atoms with Crippen LogP contribution in [0.4, 0.5) is 0 Å². The summed E-state index contributed by atoms with van der Waals surface area (Å²) in [6, 6.07) is 27.5. The Bertz CT molecular complexity index is 1920. The van der Waals surface area contributed by atoms with E-state index in [9.17, 15) is 34.2 Å². The lowest BCUT2D eigenvalue weighted by Gasteiger charge is -2.62. The number of aldehydes is 2. The van der Waals surface area contributed by atoms with Gasteiger partial charge in [0.25, 0.3) is 0 Å². The summed E-state index contributed by atoms with van der Waals surface area (Å²) < 4.78 is 11.3. The highest BCUT2D eigenvalue weighted by atomic mass is 16.5. The largest absolute Gasteiger partial charge is 0.481 e. The minimum Gasteiger partial charge on any atom is -0.481 e. The van der Waals surface area contributed by atoms with Crippen LogP contribution in [0.2, 0.25) is 0 Å².